The average molecular weight is 255 g/mol. The number of hydrogen-bond acceptors (Lipinski definition) is 2. The summed E-state index contributed by atoms with van der Waals surface area (Å²) in [5.74, 6) is -3.57. The Bertz CT molecular complexity index is 578. The van der Waals surface area contributed by atoms with E-state index in [1.807, 2.05) is 6.92 Å². The molecule has 0 saturated carbocycles. The van der Waals surface area contributed by atoms with E-state index in [2.05, 4.69) is 10.3 Å². The van der Waals surface area contributed by atoms with Crippen molar-refractivity contribution in [2.45, 2.75) is 20.4 Å². The summed E-state index contributed by atoms with van der Waals surface area (Å²) in [6, 6.07) is 2.00. The van der Waals surface area contributed by atoms with Gasteiger partial charge in [-0.05, 0) is 26.0 Å². The minimum atomic E-state index is -1.49. The second-order valence-electron chi connectivity index (χ2n) is 3.84. The summed E-state index contributed by atoms with van der Waals surface area (Å²) in [6.45, 7) is 4.32. The van der Waals surface area contributed by atoms with E-state index in [9.17, 15) is 13.2 Å². The predicted octanol–water partition coefficient (Wildman–Crippen LogP) is 3.37. The number of benzene rings is 1. The molecule has 0 bridgehead atoms. The van der Waals surface area contributed by atoms with Crippen molar-refractivity contribution in [3.05, 3.63) is 41.5 Å². The number of nitrogens with zero attached hydrogens (tertiary/aromatic N) is 2. The number of halogens is 3. The van der Waals surface area contributed by atoms with E-state index in [-0.39, 0.29) is 5.69 Å². The zero-order chi connectivity index (χ0) is 13.3. The Labute approximate surface area is 102 Å². The molecule has 0 spiro atoms. The Morgan fingerprint density at radius 3 is 2.61 bits per heavy atom. The van der Waals surface area contributed by atoms with Crippen LogP contribution in [0.4, 0.5) is 24.8 Å². The number of aryl methyl sites for hydroxylation is 2. The molecule has 1 N–H and O–H groups in total. The summed E-state index contributed by atoms with van der Waals surface area (Å²) >= 11 is 0. The molecule has 3 nitrogen and oxygen atoms in total. The van der Waals surface area contributed by atoms with Gasteiger partial charge in [0.25, 0.3) is 0 Å². The van der Waals surface area contributed by atoms with Crippen LogP contribution in [0.3, 0.4) is 0 Å². The first-order chi connectivity index (χ1) is 8.52. The SMILES string of the molecule is CCn1cc(C)nc1Nc1ccc(F)c(F)c1F. The van der Waals surface area contributed by atoms with Crippen molar-refractivity contribution >= 4 is 11.6 Å². The van der Waals surface area contributed by atoms with E-state index >= 15 is 0 Å². The maximum atomic E-state index is 13.5. The van der Waals surface area contributed by atoms with Crippen molar-refractivity contribution in [2.75, 3.05) is 5.32 Å². The van der Waals surface area contributed by atoms with E-state index in [1.54, 1.807) is 17.7 Å². The third-order valence-electron chi connectivity index (χ3n) is 2.52. The molecular weight excluding hydrogens is 243 g/mol. The highest BCUT2D eigenvalue weighted by Gasteiger charge is 2.15. The normalized spacial score (nSPS) is 10.7. The highest BCUT2D eigenvalue weighted by Crippen LogP contribution is 2.23. The number of anilines is 2. The minimum Gasteiger partial charge on any atom is -0.323 e. The number of imidazole rings is 1. The Hall–Kier alpha value is -1.98. The van der Waals surface area contributed by atoms with Crippen LogP contribution in [0.2, 0.25) is 0 Å². The van der Waals surface area contributed by atoms with Crippen molar-refractivity contribution in [3.63, 3.8) is 0 Å². The number of rotatable bonds is 3. The third kappa shape index (κ3) is 2.18. The molecule has 1 aromatic heterocycles. The molecule has 0 fully saturated rings. The van der Waals surface area contributed by atoms with Gasteiger partial charge in [0.05, 0.1) is 11.4 Å². The van der Waals surface area contributed by atoms with Gasteiger partial charge in [0.15, 0.2) is 17.5 Å². The molecule has 1 heterocycles. The molecule has 0 aliphatic carbocycles. The van der Waals surface area contributed by atoms with Gasteiger partial charge in [-0.3, -0.25) is 0 Å². The number of nitrogens with one attached hydrogen (secondary N) is 1. The summed E-state index contributed by atoms with van der Waals surface area (Å²) in [4.78, 5) is 4.14. The van der Waals surface area contributed by atoms with Crippen molar-refractivity contribution in [1.82, 2.24) is 9.55 Å². The van der Waals surface area contributed by atoms with Gasteiger partial charge in [-0.2, -0.15) is 0 Å². The van der Waals surface area contributed by atoms with Crippen molar-refractivity contribution in [3.8, 4) is 0 Å². The second kappa shape index (κ2) is 4.72. The fraction of sp³-hybridized carbons (Fsp3) is 0.250. The van der Waals surface area contributed by atoms with E-state index in [0.717, 1.165) is 17.8 Å². The Morgan fingerprint density at radius 2 is 1.94 bits per heavy atom. The van der Waals surface area contributed by atoms with Crippen LogP contribution in [0.1, 0.15) is 12.6 Å². The molecule has 0 saturated heterocycles. The van der Waals surface area contributed by atoms with Gasteiger partial charge in [0, 0.05) is 12.7 Å². The van der Waals surface area contributed by atoms with Crippen LogP contribution >= 0.6 is 0 Å². The quantitative estimate of drug-likeness (QED) is 0.852. The topological polar surface area (TPSA) is 29.9 Å². The number of hydrogen-bond donors (Lipinski definition) is 1. The largest absolute Gasteiger partial charge is 0.323 e. The molecule has 0 aliphatic rings. The van der Waals surface area contributed by atoms with E-state index in [4.69, 9.17) is 0 Å². The van der Waals surface area contributed by atoms with Crippen LogP contribution in [-0.2, 0) is 6.54 Å². The molecule has 0 atom stereocenters. The smallest absolute Gasteiger partial charge is 0.207 e. The first-order valence-corrected chi connectivity index (χ1v) is 5.47. The second-order valence-corrected chi connectivity index (χ2v) is 3.84. The van der Waals surface area contributed by atoms with Crippen molar-refractivity contribution in [1.29, 1.82) is 0 Å². The van der Waals surface area contributed by atoms with E-state index in [0.29, 0.717) is 12.5 Å². The zero-order valence-electron chi connectivity index (χ0n) is 9.97. The van der Waals surface area contributed by atoms with Gasteiger partial charge in [-0.1, -0.05) is 0 Å². The van der Waals surface area contributed by atoms with Gasteiger partial charge >= 0.3 is 0 Å². The van der Waals surface area contributed by atoms with Gasteiger partial charge in [0.1, 0.15) is 0 Å². The van der Waals surface area contributed by atoms with Crippen LogP contribution in [0.15, 0.2) is 18.3 Å². The minimum absolute atomic E-state index is 0.144. The van der Waals surface area contributed by atoms with Gasteiger partial charge in [0.2, 0.25) is 5.95 Å². The highest BCUT2D eigenvalue weighted by molar-refractivity contribution is 5.55. The molecule has 2 rings (SSSR count). The van der Waals surface area contributed by atoms with Gasteiger partial charge in [-0.15, -0.1) is 0 Å². The third-order valence-corrected chi connectivity index (χ3v) is 2.52. The molecule has 0 amide bonds. The van der Waals surface area contributed by atoms with Crippen molar-refractivity contribution < 1.29 is 13.2 Å². The van der Waals surface area contributed by atoms with Gasteiger partial charge < -0.3 is 9.88 Å². The summed E-state index contributed by atoms with van der Waals surface area (Å²) in [5, 5.41) is 2.65. The lowest BCUT2D eigenvalue weighted by Gasteiger charge is -2.09. The Morgan fingerprint density at radius 1 is 1.22 bits per heavy atom. The molecule has 2 aromatic rings. The molecule has 96 valence electrons. The fourth-order valence-corrected chi connectivity index (χ4v) is 1.63. The summed E-state index contributed by atoms with van der Waals surface area (Å²) in [7, 11) is 0. The number of aromatic nitrogens is 2. The maximum Gasteiger partial charge on any atom is 0.207 e. The predicted molar refractivity (Wildman–Crippen MR) is 62.2 cm³/mol. The molecule has 0 radical (unpaired) electrons. The van der Waals surface area contributed by atoms with Crippen LogP contribution in [0, 0.1) is 24.4 Å². The van der Waals surface area contributed by atoms with Crippen LogP contribution in [-0.4, -0.2) is 9.55 Å². The van der Waals surface area contributed by atoms with E-state index < -0.39 is 17.5 Å². The molecular formula is C12H12F3N3. The molecule has 1 aromatic carbocycles. The van der Waals surface area contributed by atoms with Crippen LogP contribution < -0.4 is 5.32 Å². The molecule has 18 heavy (non-hydrogen) atoms. The van der Waals surface area contributed by atoms with Crippen LogP contribution in [0.25, 0.3) is 0 Å². The molecule has 6 heteroatoms. The van der Waals surface area contributed by atoms with Crippen molar-refractivity contribution in [2.24, 2.45) is 0 Å². The monoisotopic (exact) mass is 255 g/mol. The Balaban J connectivity index is 2.37. The lowest BCUT2D eigenvalue weighted by atomic mass is 10.3. The highest BCUT2D eigenvalue weighted by atomic mass is 19.2. The summed E-state index contributed by atoms with van der Waals surface area (Å²) in [6.07, 6.45) is 1.78. The summed E-state index contributed by atoms with van der Waals surface area (Å²) in [5.41, 5.74) is 0.608. The summed E-state index contributed by atoms with van der Waals surface area (Å²) < 4.78 is 41.1. The zero-order valence-corrected chi connectivity index (χ0v) is 9.97. The maximum absolute atomic E-state index is 13.5. The lowest BCUT2D eigenvalue weighted by molar-refractivity contribution is 0.449. The fourth-order valence-electron chi connectivity index (χ4n) is 1.63. The first-order valence-electron chi connectivity index (χ1n) is 5.47. The standard InChI is InChI=1S/C12H12F3N3/c1-3-18-6-7(2)16-12(18)17-9-5-4-8(13)10(14)11(9)15/h4-6H,3H2,1-2H3,(H,16,17). The van der Waals surface area contributed by atoms with E-state index in [1.165, 1.54) is 0 Å². The first kappa shape index (κ1) is 12.5. The van der Waals surface area contributed by atoms with Gasteiger partial charge in [-0.25, -0.2) is 18.2 Å². The van der Waals surface area contributed by atoms with Crippen LogP contribution in [0.5, 0.6) is 0 Å². The lowest BCUT2D eigenvalue weighted by Crippen LogP contribution is -2.04. The average Bonchev–Trinajstić information content (AvgIpc) is 2.70. The Kier molecular flexibility index (Phi) is 3.27. The molecule has 0 aliphatic heterocycles. The molecule has 0 unspecified atom stereocenters.